The fourth-order valence-electron chi connectivity index (χ4n) is 1.98. The van der Waals surface area contributed by atoms with Gasteiger partial charge in [0.05, 0.1) is 6.61 Å². The minimum absolute atomic E-state index is 0.289. The van der Waals surface area contributed by atoms with E-state index in [1.807, 2.05) is 18.8 Å². The van der Waals surface area contributed by atoms with Crippen molar-refractivity contribution in [3.8, 4) is 0 Å². The van der Waals surface area contributed by atoms with Crippen LogP contribution in [0.2, 0.25) is 0 Å². The standard InChI is InChI=1S/C11H17NOS/c1-8-4-6-14-11-9(8)3-5-13-10(11)7-12-2/h4,10,12H,3,5-7H2,1-2H3. The molecule has 3 heteroatoms. The van der Waals surface area contributed by atoms with Crippen molar-refractivity contribution in [3.63, 3.8) is 0 Å². The number of rotatable bonds is 2. The summed E-state index contributed by atoms with van der Waals surface area (Å²) in [5.74, 6) is 1.11. The molecular weight excluding hydrogens is 194 g/mol. The summed E-state index contributed by atoms with van der Waals surface area (Å²) in [5.41, 5.74) is 3.00. The van der Waals surface area contributed by atoms with Gasteiger partial charge in [-0.25, -0.2) is 0 Å². The summed E-state index contributed by atoms with van der Waals surface area (Å²) in [6.45, 7) is 4.02. The number of thioether (sulfide) groups is 1. The van der Waals surface area contributed by atoms with E-state index in [4.69, 9.17) is 4.74 Å². The van der Waals surface area contributed by atoms with E-state index in [-0.39, 0.29) is 6.10 Å². The predicted molar refractivity (Wildman–Crippen MR) is 61.5 cm³/mol. The first kappa shape index (κ1) is 10.3. The summed E-state index contributed by atoms with van der Waals surface area (Å²) in [6.07, 6.45) is 3.70. The quantitative estimate of drug-likeness (QED) is 0.754. The Balaban J connectivity index is 2.22. The van der Waals surface area contributed by atoms with Gasteiger partial charge in [0.1, 0.15) is 6.10 Å². The molecule has 0 spiro atoms. The van der Waals surface area contributed by atoms with E-state index in [1.54, 1.807) is 0 Å². The molecule has 0 aromatic carbocycles. The second-order valence-electron chi connectivity index (χ2n) is 3.71. The molecule has 2 rings (SSSR count). The predicted octanol–water partition coefficient (Wildman–Crippen LogP) is 1.94. The van der Waals surface area contributed by atoms with Gasteiger partial charge in [0.15, 0.2) is 0 Å². The van der Waals surface area contributed by atoms with Crippen LogP contribution >= 0.6 is 11.8 Å². The minimum Gasteiger partial charge on any atom is -0.371 e. The molecule has 2 aliphatic rings. The van der Waals surface area contributed by atoms with Gasteiger partial charge in [-0.15, -0.1) is 11.8 Å². The molecule has 0 bridgehead atoms. The monoisotopic (exact) mass is 211 g/mol. The summed E-state index contributed by atoms with van der Waals surface area (Å²) in [6, 6.07) is 0. The lowest BCUT2D eigenvalue weighted by Crippen LogP contribution is -2.32. The van der Waals surface area contributed by atoms with Gasteiger partial charge < -0.3 is 10.1 Å². The molecule has 0 saturated carbocycles. The van der Waals surface area contributed by atoms with Crippen LogP contribution in [0.3, 0.4) is 0 Å². The Morgan fingerprint density at radius 1 is 1.64 bits per heavy atom. The Morgan fingerprint density at radius 3 is 3.29 bits per heavy atom. The van der Waals surface area contributed by atoms with Gasteiger partial charge in [0.2, 0.25) is 0 Å². The number of hydrogen-bond acceptors (Lipinski definition) is 3. The van der Waals surface area contributed by atoms with E-state index < -0.39 is 0 Å². The first-order chi connectivity index (χ1) is 6.83. The van der Waals surface area contributed by atoms with Crippen molar-refractivity contribution in [1.29, 1.82) is 0 Å². The second-order valence-corrected chi connectivity index (χ2v) is 4.77. The fraction of sp³-hybridized carbons (Fsp3) is 0.636. The van der Waals surface area contributed by atoms with E-state index >= 15 is 0 Å². The van der Waals surface area contributed by atoms with Crippen molar-refractivity contribution in [2.45, 2.75) is 19.4 Å². The Bertz CT molecular complexity index is 283. The van der Waals surface area contributed by atoms with Gasteiger partial charge in [-0.1, -0.05) is 11.6 Å². The molecular formula is C11H17NOS. The smallest absolute Gasteiger partial charge is 0.101 e. The van der Waals surface area contributed by atoms with Gasteiger partial charge >= 0.3 is 0 Å². The van der Waals surface area contributed by atoms with E-state index in [0.717, 1.165) is 25.3 Å². The summed E-state index contributed by atoms with van der Waals surface area (Å²) >= 11 is 1.94. The molecule has 0 aromatic rings. The lowest BCUT2D eigenvalue weighted by molar-refractivity contribution is 0.0755. The van der Waals surface area contributed by atoms with Crippen LogP contribution in [0.25, 0.3) is 0 Å². The van der Waals surface area contributed by atoms with Crippen LogP contribution in [-0.4, -0.2) is 32.1 Å². The van der Waals surface area contributed by atoms with Crippen LogP contribution in [-0.2, 0) is 4.74 Å². The molecule has 0 amide bonds. The molecule has 2 aliphatic heterocycles. The van der Waals surface area contributed by atoms with Crippen LogP contribution in [0, 0.1) is 0 Å². The van der Waals surface area contributed by atoms with Gasteiger partial charge in [-0.05, 0) is 26.0 Å². The average Bonchev–Trinajstić information content (AvgIpc) is 2.20. The van der Waals surface area contributed by atoms with Gasteiger partial charge in [-0.3, -0.25) is 0 Å². The number of likely N-dealkylation sites (N-methyl/N-ethyl adjacent to an activating group) is 1. The molecule has 1 atom stereocenters. The van der Waals surface area contributed by atoms with Crippen molar-refractivity contribution < 1.29 is 4.74 Å². The Hall–Kier alpha value is -0.250. The van der Waals surface area contributed by atoms with Crippen molar-refractivity contribution in [2.24, 2.45) is 0 Å². The van der Waals surface area contributed by atoms with Crippen LogP contribution in [0.5, 0.6) is 0 Å². The van der Waals surface area contributed by atoms with E-state index in [9.17, 15) is 0 Å². The SMILES string of the molecule is CNCC1OCCC2=C1SCC=C2C. The van der Waals surface area contributed by atoms with E-state index in [1.165, 1.54) is 16.1 Å². The molecule has 14 heavy (non-hydrogen) atoms. The molecule has 0 radical (unpaired) electrons. The third kappa shape index (κ3) is 1.90. The average molecular weight is 211 g/mol. The highest BCUT2D eigenvalue weighted by Gasteiger charge is 2.25. The highest BCUT2D eigenvalue weighted by Crippen LogP contribution is 2.37. The first-order valence-electron chi connectivity index (χ1n) is 5.12. The third-order valence-corrected chi connectivity index (χ3v) is 3.91. The number of allylic oxidation sites excluding steroid dienone is 1. The molecule has 0 saturated heterocycles. The minimum atomic E-state index is 0.289. The molecule has 1 unspecified atom stereocenters. The van der Waals surface area contributed by atoms with Crippen LogP contribution in [0.1, 0.15) is 13.3 Å². The van der Waals surface area contributed by atoms with E-state index in [2.05, 4.69) is 18.3 Å². The normalized spacial score (nSPS) is 27.3. The zero-order valence-electron chi connectivity index (χ0n) is 8.80. The maximum absolute atomic E-state index is 5.77. The summed E-state index contributed by atoms with van der Waals surface area (Å²) in [7, 11) is 1.98. The van der Waals surface area contributed by atoms with Crippen molar-refractivity contribution in [3.05, 3.63) is 22.1 Å². The second kappa shape index (κ2) is 4.51. The molecule has 0 aromatic heterocycles. The zero-order valence-corrected chi connectivity index (χ0v) is 9.62. The largest absolute Gasteiger partial charge is 0.371 e. The maximum Gasteiger partial charge on any atom is 0.101 e. The Kier molecular flexibility index (Phi) is 3.31. The van der Waals surface area contributed by atoms with Crippen molar-refractivity contribution in [1.82, 2.24) is 5.32 Å². The highest BCUT2D eigenvalue weighted by atomic mass is 32.2. The summed E-state index contributed by atoms with van der Waals surface area (Å²) in [5, 5.41) is 3.19. The lowest BCUT2D eigenvalue weighted by Gasteiger charge is -2.31. The Morgan fingerprint density at radius 2 is 2.50 bits per heavy atom. The number of ether oxygens (including phenoxy) is 1. The molecule has 1 N–H and O–H groups in total. The molecule has 78 valence electrons. The van der Waals surface area contributed by atoms with Gasteiger partial charge in [-0.2, -0.15) is 0 Å². The van der Waals surface area contributed by atoms with Gasteiger partial charge in [0, 0.05) is 17.2 Å². The summed E-state index contributed by atoms with van der Waals surface area (Å²) in [4.78, 5) is 1.46. The molecule has 2 heterocycles. The molecule has 0 fully saturated rings. The number of nitrogens with one attached hydrogen (secondary N) is 1. The zero-order chi connectivity index (χ0) is 9.97. The van der Waals surface area contributed by atoms with Crippen LogP contribution < -0.4 is 5.32 Å². The van der Waals surface area contributed by atoms with Crippen molar-refractivity contribution >= 4 is 11.8 Å². The first-order valence-corrected chi connectivity index (χ1v) is 6.10. The molecule has 2 nitrogen and oxygen atoms in total. The fourth-order valence-corrected chi connectivity index (χ4v) is 3.27. The summed E-state index contributed by atoms with van der Waals surface area (Å²) < 4.78 is 5.77. The van der Waals surface area contributed by atoms with Gasteiger partial charge in [0.25, 0.3) is 0 Å². The number of hydrogen-bond donors (Lipinski definition) is 1. The van der Waals surface area contributed by atoms with E-state index in [0.29, 0.717) is 0 Å². The highest BCUT2D eigenvalue weighted by molar-refractivity contribution is 8.03. The van der Waals surface area contributed by atoms with Crippen molar-refractivity contribution in [2.75, 3.05) is 26.0 Å². The third-order valence-electron chi connectivity index (χ3n) is 2.75. The maximum atomic E-state index is 5.77. The van der Waals surface area contributed by atoms with Crippen LogP contribution in [0.4, 0.5) is 0 Å². The topological polar surface area (TPSA) is 21.3 Å². The lowest BCUT2D eigenvalue weighted by atomic mass is 9.99. The molecule has 0 aliphatic carbocycles. The Labute approximate surface area is 89.8 Å². The van der Waals surface area contributed by atoms with Crippen LogP contribution in [0.15, 0.2) is 22.1 Å².